The molecule has 1 saturated heterocycles. The number of hydrogen-bond acceptors (Lipinski definition) is 6. The number of anilines is 1. The van der Waals surface area contributed by atoms with Crippen LogP contribution in [0, 0.1) is 22.7 Å². The Morgan fingerprint density at radius 2 is 1.71 bits per heavy atom. The van der Waals surface area contributed by atoms with E-state index in [-0.39, 0.29) is 23.4 Å². The molecule has 1 spiro atoms. The summed E-state index contributed by atoms with van der Waals surface area (Å²) in [6.07, 6.45) is 6.09. The van der Waals surface area contributed by atoms with Crippen LogP contribution in [0.5, 0.6) is 0 Å². The molecule has 5 unspecified atom stereocenters. The lowest BCUT2D eigenvalue weighted by Crippen LogP contribution is -2.53. The number of carbonyl (C=O) groups excluding carboxylic acids is 1. The van der Waals surface area contributed by atoms with Crippen molar-refractivity contribution in [2.75, 3.05) is 32.2 Å². The van der Waals surface area contributed by atoms with Gasteiger partial charge in [0.25, 0.3) is 0 Å². The highest BCUT2D eigenvalue weighted by molar-refractivity contribution is 6.48. The topological polar surface area (TPSA) is 68.2 Å². The highest BCUT2D eigenvalue weighted by atomic mass is 28.3. The Morgan fingerprint density at radius 1 is 1.05 bits per heavy atom. The maximum Gasteiger partial charge on any atom is 0.188 e. The van der Waals surface area contributed by atoms with Gasteiger partial charge < -0.3 is 23.9 Å². The number of benzene rings is 1. The van der Waals surface area contributed by atoms with Crippen LogP contribution >= 0.6 is 0 Å². The predicted octanol–water partition coefficient (Wildman–Crippen LogP) is 6.36. The van der Waals surface area contributed by atoms with Crippen LogP contribution in [0.2, 0.25) is 13.1 Å². The number of fused-ring (bicyclic) bond motifs is 1. The van der Waals surface area contributed by atoms with Crippen molar-refractivity contribution in [3.8, 4) is 0 Å². The van der Waals surface area contributed by atoms with Crippen LogP contribution in [0.3, 0.4) is 0 Å². The standard InChI is InChI=1S/C34H51NO5Si/c1-32(2,3)31(40-41(7)8)33(4)27(15-16-28(33)36)26-14-11-23-21-34(38-19-20-39-34)18-17-25(23)29(26)30(37)22-9-12-24(13-10-22)35(5)6/h9-10,12-13,21,26-27,30-31,37,41H,11,14-20H2,1-8H3. The Morgan fingerprint density at radius 3 is 2.29 bits per heavy atom. The van der Waals surface area contributed by atoms with Crippen LogP contribution in [0.1, 0.15) is 77.9 Å². The molecule has 226 valence electrons. The Labute approximate surface area is 248 Å². The molecule has 1 aliphatic heterocycles. The number of ketones is 1. The second-order valence-electron chi connectivity index (χ2n) is 14.4. The van der Waals surface area contributed by atoms with E-state index < -0.39 is 26.3 Å². The minimum absolute atomic E-state index is 0.101. The van der Waals surface area contributed by atoms with Crippen molar-refractivity contribution in [1.82, 2.24) is 0 Å². The van der Waals surface area contributed by atoms with Gasteiger partial charge in [0, 0.05) is 32.6 Å². The van der Waals surface area contributed by atoms with Gasteiger partial charge in [-0.05, 0) is 103 Å². The number of allylic oxidation sites excluding steroid dienone is 2. The monoisotopic (exact) mass is 581 g/mol. The van der Waals surface area contributed by atoms with E-state index in [0.717, 1.165) is 48.9 Å². The van der Waals surface area contributed by atoms with Crippen LogP contribution in [-0.2, 0) is 18.7 Å². The van der Waals surface area contributed by atoms with Gasteiger partial charge in [-0.2, -0.15) is 0 Å². The van der Waals surface area contributed by atoms with E-state index in [2.05, 4.69) is 76.0 Å². The van der Waals surface area contributed by atoms with Gasteiger partial charge in [0.05, 0.1) is 24.7 Å². The van der Waals surface area contributed by atoms with Crippen molar-refractivity contribution in [3.05, 3.63) is 52.6 Å². The fourth-order valence-corrected chi connectivity index (χ4v) is 9.52. The molecule has 1 N–H and O–H groups in total. The highest BCUT2D eigenvalue weighted by Gasteiger charge is 2.58. The summed E-state index contributed by atoms with van der Waals surface area (Å²) < 4.78 is 18.9. The fraction of sp³-hybridized carbons (Fsp3) is 0.676. The van der Waals surface area contributed by atoms with Gasteiger partial charge >= 0.3 is 0 Å². The van der Waals surface area contributed by atoms with Crippen molar-refractivity contribution < 1.29 is 23.8 Å². The summed E-state index contributed by atoms with van der Waals surface area (Å²) in [5.74, 6) is -0.0894. The molecule has 6 nitrogen and oxygen atoms in total. The van der Waals surface area contributed by atoms with E-state index in [1.54, 1.807) is 0 Å². The van der Waals surface area contributed by atoms with Crippen molar-refractivity contribution in [3.63, 3.8) is 0 Å². The highest BCUT2D eigenvalue weighted by Crippen LogP contribution is 2.58. The first-order chi connectivity index (χ1) is 19.3. The summed E-state index contributed by atoms with van der Waals surface area (Å²) in [4.78, 5) is 16.0. The smallest absolute Gasteiger partial charge is 0.188 e. The molecule has 0 aromatic heterocycles. The zero-order valence-electron chi connectivity index (χ0n) is 26.5. The molecule has 0 amide bonds. The average molecular weight is 582 g/mol. The number of carbonyl (C=O) groups is 1. The van der Waals surface area contributed by atoms with E-state index >= 15 is 0 Å². The van der Waals surface area contributed by atoms with Gasteiger partial charge in [-0.1, -0.05) is 32.9 Å². The summed E-state index contributed by atoms with van der Waals surface area (Å²) >= 11 is 0. The fourth-order valence-electron chi connectivity index (χ4n) is 8.29. The quantitative estimate of drug-likeness (QED) is 0.378. The van der Waals surface area contributed by atoms with Gasteiger partial charge in [0.1, 0.15) is 11.9 Å². The zero-order chi connectivity index (χ0) is 29.7. The van der Waals surface area contributed by atoms with Crippen LogP contribution in [0.25, 0.3) is 0 Å². The normalized spacial score (nSPS) is 29.6. The molecular formula is C34H51NO5Si. The Bertz CT molecular complexity index is 1190. The predicted molar refractivity (Wildman–Crippen MR) is 166 cm³/mol. The molecule has 1 aromatic rings. The summed E-state index contributed by atoms with van der Waals surface area (Å²) in [6, 6.07) is 8.27. The first-order valence-electron chi connectivity index (χ1n) is 15.6. The number of aliphatic hydroxyl groups is 1. The van der Waals surface area contributed by atoms with E-state index in [4.69, 9.17) is 13.9 Å². The Hall–Kier alpha value is -1.77. The van der Waals surface area contributed by atoms with Crippen LogP contribution in [0.15, 0.2) is 47.1 Å². The van der Waals surface area contributed by atoms with E-state index in [0.29, 0.717) is 25.4 Å². The van der Waals surface area contributed by atoms with Gasteiger partial charge in [-0.15, -0.1) is 0 Å². The SMILES string of the molecule is CN(C)c1ccc(C(O)C2=C3CCC4(C=C3CCC2C2CCC(=O)C2(C)C(O[SiH](C)C)C(C)(C)C)OCCO4)cc1. The number of ether oxygens (including phenoxy) is 2. The summed E-state index contributed by atoms with van der Waals surface area (Å²) in [7, 11) is 2.64. The van der Waals surface area contributed by atoms with Crippen LogP contribution < -0.4 is 4.90 Å². The lowest BCUT2D eigenvalue weighted by atomic mass is 9.58. The minimum atomic E-state index is -1.42. The first-order valence-corrected chi connectivity index (χ1v) is 18.4. The molecule has 4 aliphatic rings. The zero-order valence-corrected chi connectivity index (χ0v) is 27.6. The average Bonchev–Trinajstić information content (AvgIpc) is 3.49. The van der Waals surface area contributed by atoms with Gasteiger partial charge in [0.2, 0.25) is 0 Å². The molecule has 0 bridgehead atoms. The van der Waals surface area contributed by atoms with E-state index in [9.17, 15) is 9.90 Å². The molecule has 3 aliphatic carbocycles. The number of aliphatic hydroxyl groups excluding tert-OH is 1. The molecule has 41 heavy (non-hydrogen) atoms. The third kappa shape index (κ3) is 5.65. The summed E-state index contributed by atoms with van der Waals surface area (Å²) in [5.41, 5.74) is 4.84. The molecule has 5 rings (SSSR count). The van der Waals surface area contributed by atoms with Gasteiger partial charge in [-0.3, -0.25) is 4.79 Å². The third-order valence-corrected chi connectivity index (χ3v) is 10.9. The molecule has 5 atom stereocenters. The number of Topliss-reactive ketones (excluding diaryl/α,β-unsaturated/α-hetero) is 1. The Balaban J connectivity index is 1.62. The van der Waals surface area contributed by atoms with Crippen molar-refractivity contribution in [2.45, 2.75) is 97.3 Å². The second-order valence-corrected chi connectivity index (χ2v) is 16.8. The van der Waals surface area contributed by atoms with Gasteiger partial charge in [-0.25, -0.2) is 0 Å². The van der Waals surface area contributed by atoms with Gasteiger partial charge in [0.15, 0.2) is 14.8 Å². The van der Waals surface area contributed by atoms with Crippen LogP contribution in [0.4, 0.5) is 5.69 Å². The van der Waals surface area contributed by atoms with Crippen molar-refractivity contribution in [1.29, 1.82) is 0 Å². The van der Waals surface area contributed by atoms with E-state index in [1.807, 2.05) is 14.1 Å². The van der Waals surface area contributed by atoms with Crippen LogP contribution in [-0.4, -0.2) is 59.1 Å². The third-order valence-electron chi connectivity index (χ3n) is 10.1. The summed E-state index contributed by atoms with van der Waals surface area (Å²) in [6.45, 7) is 14.5. The first kappa shape index (κ1) is 30.7. The molecule has 7 heteroatoms. The molecule has 1 heterocycles. The molecule has 1 aromatic carbocycles. The largest absolute Gasteiger partial charge is 0.416 e. The maximum atomic E-state index is 13.9. The molecular weight excluding hydrogens is 530 g/mol. The maximum absolute atomic E-state index is 13.9. The molecule has 1 saturated carbocycles. The lowest BCUT2D eigenvalue weighted by Gasteiger charge is -2.50. The molecule has 0 radical (unpaired) electrons. The van der Waals surface area contributed by atoms with Crippen molar-refractivity contribution in [2.24, 2.45) is 22.7 Å². The number of rotatable bonds is 7. The number of hydrogen-bond donors (Lipinski definition) is 1. The van der Waals surface area contributed by atoms with E-state index in [1.165, 1.54) is 11.1 Å². The minimum Gasteiger partial charge on any atom is -0.416 e. The second kappa shape index (κ2) is 11.4. The molecule has 2 fully saturated rings. The number of nitrogens with zero attached hydrogens (tertiary/aromatic N) is 1. The lowest BCUT2D eigenvalue weighted by molar-refractivity contribution is -0.139. The Kier molecular flexibility index (Phi) is 8.52. The summed E-state index contributed by atoms with van der Waals surface area (Å²) in [5, 5.41) is 12.2. The van der Waals surface area contributed by atoms with Crippen molar-refractivity contribution >= 4 is 20.5 Å².